The topological polar surface area (TPSA) is 26.3 Å². The van der Waals surface area contributed by atoms with Crippen LogP contribution in [0.25, 0.3) is 0 Å². The normalized spacial score (nSPS) is 12.6. The van der Waals surface area contributed by atoms with E-state index in [9.17, 15) is 4.79 Å². The van der Waals surface area contributed by atoms with Gasteiger partial charge in [-0.05, 0) is 30.9 Å². The number of hydrogen-bond acceptors (Lipinski definition) is 2. The van der Waals surface area contributed by atoms with Crippen LogP contribution in [-0.2, 0) is 9.53 Å². The van der Waals surface area contributed by atoms with Crippen molar-refractivity contribution in [1.29, 1.82) is 0 Å². The zero-order valence-electron chi connectivity index (χ0n) is 10.8. The van der Waals surface area contributed by atoms with Gasteiger partial charge in [0.15, 0.2) is 0 Å². The van der Waals surface area contributed by atoms with Gasteiger partial charge in [0.25, 0.3) is 0 Å². The number of hydrogen-bond donors (Lipinski definition) is 0. The third-order valence-corrected chi connectivity index (χ3v) is 2.69. The highest BCUT2D eigenvalue weighted by molar-refractivity contribution is 5.71. The Morgan fingerprint density at radius 3 is 2.76 bits per heavy atom. The zero-order valence-corrected chi connectivity index (χ0v) is 10.8. The molecule has 1 aromatic rings. The van der Waals surface area contributed by atoms with Crippen LogP contribution in [-0.4, -0.2) is 12.6 Å². The minimum absolute atomic E-state index is 0.166. The maximum absolute atomic E-state index is 11.2. The lowest BCUT2D eigenvalue weighted by atomic mass is 9.96. The summed E-state index contributed by atoms with van der Waals surface area (Å²) in [5, 5.41) is 0. The molecule has 2 nitrogen and oxygen atoms in total. The van der Waals surface area contributed by atoms with Crippen molar-refractivity contribution >= 4 is 5.97 Å². The smallest absolute Gasteiger partial charge is 0.309 e. The molecule has 0 spiro atoms. The van der Waals surface area contributed by atoms with Gasteiger partial charge in [0.1, 0.15) is 0 Å². The van der Waals surface area contributed by atoms with E-state index in [-0.39, 0.29) is 5.97 Å². The quantitative estimate of drug-likeness (QED) is 0.572. The first kappa shape index (κ1) is 13.5. The third-order valence-electron chi connectivity index (χ3n) is 2.69. The highest BCUT2D eigenvalue weighted by Crippen LogP contribution is 2.20. The fraction of sp³-hybridized carbons (Fsp3) is 0.400. The molecule has 92 valence electrons. The molecule has 17 heavy (non-hydrogen) atoms. The average Bonchev–Trinajstić information content (AvgIpc) is 2.29. The molecule has 1 aromatic carbocycles. The van der Waals surface area contributed by atoms with Crippen LogP contribution >= 0.6 is 0 Å². The first-order valence-corrected chi connectivity index (χ1v) is 6.03. The van der Waals surface area contributed by atoms with Gasteiger partial charge < -0.3 is 4.74 Å². The van der Waals surface area contributed by atoms with E-state index in [1.807, 2.05) is 25.1 Å². The fourth-order valence-electron chi connectivity index (χ4n) is 1.79. The van der Waals surface area contributed by atoms with Crippen LogP contribution in [0.3, 0.4) is 0 Å². The van der Waals surface area contributed by atoms with E-state index in [1.54, 1.807) is 0 Å². The van der Waals surface area contributed by atoms with E-state index in [0.29, 0.717) is 18.9 Å². The molecule has 0 saturated heterocycles. The SMILES string of the molecule is CCOC(=O)C/C=C\C(C)c1ccccc1C. The van der Waals surface area contributed by atoms with Gasteiger partial charge in [-0.3, -0.25) is 4.79 Å². The van der Waals surface area contributed by atoms with Gasteiger partial charge in [-0.15, -0.1) is 0 Å². The minimum atomic E-state index is -0.166. The molecule has 1 rings (SSSR count). The molecule has 0 bridgehead atoms. The lowest BCUT2D eigenvalue weighted by molar-refractivity contribution is -0.142. The summed E-state index contributed by atoms with van der Waals surface area (Å²) >= 11 is 0. The van der Waals surface area contributed by atoms with E-state index in [0.717, 1.165) is 0 Å². The largest absolute Gasteiger partial charge is 0.466 e. The molecule has 0 radical (unpaired) electrons. The average molecular weight is 232 g/mol. The predicted octanol–water partition coefficient (Wildman–Crippen LogP) is 3.61. The van der Waals surface area contributed by atoms with Gasteiger partial charge in [0.05, 0.1) is 13.0 Å². The van der Waals surface area contributed by atoms with Crippen LogP contribution in [0.2, 0.25) is 0 Å². The Labute approximate surface area is 103 Å². The van der Waals surface area contributed by atoms with Gasteiger partial charge in [-0.2, -0.15) is 0 Å². The van der Waals surface area contributed by atoms with Gasteiger partial charge in [-0.1, -0.05) is 43.3 Å². The Morgan fingerprint density at radius 1 is 1.41 bits per heavy atom. The molecule has 0 aliphatic heterocycles. The number of carbonyl (C=O) groups is 1. The lowest BCUT2D eigenvalue weighted by Crippen LogP contribution is -2.01. The molecule has 0 amide bonds. The molecule has 0 aromatic heterocycles. The number of carbonyl (C=O) groups excluding carboxylic acids is 1. The Hall–Kier alpha value is -1.57. The van der Waals surface area contributed by atoms with E-state index in [1.165, 1.54) is 11.1 Å². The lowest BCUT2D eigenvalue weighted by Gasteiger charge is -2.09. The summed E-state index contributed by atoms with van der Waals surface area (Å²) in [4.78, 5) is 11.2. The van der Waals surface area contributed by atoms with Gasteiger partial charge in [0.2, 0.25) is 0 Å². The second-order valence-corrected chi connectivity index (χ2v) is 4.08. The molecule has 1 unspecified atom stereocenters. The second-order valence-electron chi connectivity index (χ2n) is 4.08. The zero-order chi connectivity index (χ0) is 12.7. The standard InChI is InChI=1S/C15H20O2/c1-4-17-15(16)11-7-9-13(3)14-10-6-5-8-12(14)2/h5-10,13H,4,11H2,1-3H3/b9-7-. The molecular formula is C15H20O2. The van der Waals surface area contributed by atoms with Crippen molar-refractivity contribution in [2.24, 2.45) is 0 Å². The number of benzene rings is 1. The van der Waals surface area contributed by atoms with Crippen LogP contribution in [0.5, 0.6) is 0 Å². The van der Waals surface area contributed by atoms with E-state index < -0.39 is 0 Å². The van der Waals surface area contributed by atoms with Gasteiger partial charge >= 0.3 is 5.97 Å². The minimum Gasteiger partial charge on any atom is -0.466 e. The molecule has 0 heterocycles. The summed E-state index contributed by atoms with van der Waals surface area (Å²) in [5.74, 6) is 0.159. The van der Waals surface area contributed by atoms with Crippen LogP contribution < -0.4 is 0 Å². The van der Waals surface area contributed by atoms with Crippen molar-refractivity contribution in [3.63, 3.8) is 0 Å². The molecule has 0 N–H and O–H groups in total. The maximum Gasteiger partial charge on any atom is 0.309 e. The second kappa shape index (κ2) is 6.89. The highest BCUT2D eigenvalue weighted by atomic mass is 16.5. The third kappa shape index (κ3) is 4.43. The summed E-state index contributed by atoms with van der Waals surface area (Å²) in [5.41, 5.74) is 2.58. The molecule has 0 saturated carbocycles. The first-order chi connectivity index (χ1) is 8.15. The van der Waals surface area contributed by atoms with Crippen molar-refractivity contribution < 1.29 is 9.53 Å². The van der Waals surface area contributed by atoms with Crippen LogP contribution in [0, 0.1) is 6.92 Å². The summed E-state index contributed by atoms with van der Waals surface area (Å²) in [6.45, 7) is 6.49. The highest BCUT2D eigenvalue weighted by Gasteiger charge is 2.04. The Balaban J connectivity index is 2.55. The summed E-state index contributed by atoms with van der Waals surface area (Å²) < 4.78 is 4.86. The first-order valence-electron chi connectivity index (χ1n) is 6.03. The van der Waals surface area contributed by atoms with Crippen molar-refractivity contribution in [2.75, 3.05) is 6.61 Å². The van der Waals surface area contributed by atoms with Crippen molar-refractivity contribution in [2.45, 2.75) is 33.1 Å². The number of ether oxygens (including phenoxy) is 1. The molecule has 1 atom stereocenters. The molecule has 0 aliphatic carbocycles. The van der Waals surface area contributed by atoms with Crippen LogP contribution in [0.1, 0.15) is 37.3 Å². The van der Waals surface area contributed by atoms with Crippen LogP contribution in [0.4, 0.5) is 0 Å². The Morgan fingerprint density at radius 2 is 2.12 bits per heavy atom. The van der Waals surface area contributed by atoms with E-state index in [2.05, 4.69) is 32.1 Å². The Bertz CT molecular complexity index is 394. The number of allylic oxidation sites excluding steroid dienone is 1. The number of rotatable bonds is 5. The summed E-state index contributed by atoms with van der Waals surface area (Å²) in [6.07, 6.45) is 4.29. The molecular weight excluding hydrogens is 212 g/mol. The van der Waals surface area contributed by atoms with E-state index in [4.69, 9.17) is 4.74 Å². The van der Waals surface area contributed by atoms with Crippen molar-refractivity contribution in [3.05, 3.63) is 47.5 Å². The van der Waals surface area contributed by atoms with Crippen LogP contribution in [0.15, 0.2) is 36.4 Å². The van der Waals surface area contributed by atoms with Crippen molar-refractivity contribution in [3.8, 4) is 0 Å². The Kier molecular flexibility index (Phi) is 5.47. The monoisotopic (exact) mass is 232 g/mol. The molecule has 0 fully saturated rings. The van der Waals surface area contributed by atoms with Crippen molar-refractivity contribution in [1.82, 2.24) is 0 Å². The molecule has 2 heteroatoms. The maximum atomic E-state index is 11.2. The summed E-state index contributed by atoms with van der Waals surface area (Å²) in [6, 6.07) is 8.30. The van der Waals surface area contributed by atoms with E-state index >= 15 is 0 Å². The predicted molar refractivity (Wildman–Crippen MR) is 70.0 cm³/mol. The fourth-order valence-corrected chi connectivity index (χ4v) is 1.79. The number of aryl methyl sites for hydroxylation is 1. The van der Waals surface area contributed by atoms with Gasteiger partial charge in [0, 0.05) is 0 Å². The summed E-state index contributed by atoms with van der Waals surface area (Å²) in [7, 11) is 0. The molecule has 0 aliphatic rings. The number of esters is 1. The van der Waals surface area contributed by atoms with Gasteiger partial charge in [-0.25, -0.2) is 0 Å².